The molecule has 17 heavy (non-hydrogen) atoms. The first kappa shape index (κ1) is 13.2. The molecule has 0 aliphatic rings. The summed E-state index contributed by atoms with van der Waals surface area (Å²) >= 11 is 0. The fraction of sp³-hybridized carbons (Fsp3) is 0.250. The molecule has 0 saturated heterocycles. The van der Waals surface area contributed by atoms with Crippen LogP contribution in [0.15, 0.2) is 36.5 Å². The van der Waals surface area contributed by atoms with E-state index in [-0.39, 0.29) is 17.9 Å². The predicted octanol–water partition coefficient (Wildman–Crippen LogP) is 2.98. The third kappa shape index (κ3) is 3.55. The summed E-state index contributed by atoms with van der Waals surface area (Å²) < 4.78 is 24.4. The molecule has 0 aliphatic heterocycles. The molecule has 1 aromatic carbocycles. The van der Waals surface area contributed by atoms with E-state index in [9.17, 15) is 18.7 Å². The monoisotopic (exact) mass is 241 g/mol. The molecule has 0 spiro atoms. The first-order chi connectivity index (χ1) is 8.06. The highest BCUT2D eigenvalue weighted by atomic mass is 19.3. The summed E-state index contributed by atoms with van der Waals surface area (Å²) in [5, 5.41) is 9.48. The predicted molar refractivity (Wildman–Crippen MR) is 59.7 cm³/mol. The number of aromatic hydroxyl groups is 1. The van der Waals surface area contributed by atoms with Gasteiger partial charge in [0.2, 0.25) is 0 Å². The smallest absolute Gasteiger partial charge is 0.286 e. The average Bonchev–Trinajstić information content (AvgIpc) is 2.28. The van der Waals surface area contributed by atoms with Gasteiger partial charge in [0, 0.05) is 6.54 Å². The topological polar surface area (TPSA) is 40.5 Å². The fourth-order valence-electron chi connectivity index (χ4n) is 1.39. The molecule has 0 saturated carbocycles. The number of carbonyl (C=O) groups is 1. The van der Waals surface area contributed by atoms with Crippen LogP contribution in [0.3, 0.4) is 0 Å². The van der Waals surface area contributed by atoms with Crippen molar-refractivity contribution in [2.45, 2.75) is 13.3 Å². The zero-order valence-electron chi connectivity index (χ0n) is 9.36. The molecule has 0 aliphatic carbocycles. The Kier molecular flexibility index (Phi) is 4.63. The van der Waals surface area contributed by atoms with E-state index < -0.39 is 12.0 Å². The Morgan fingerprint density at radius 2 is 2.06 bits per heavy atom. The number of amides is 1. The van der Waals surface area contributed by atoms with Crippen molar-refractivity contribution >= 4 is 5.91 Å². The van der Waals surface area contributed by atoms with Crippen molar-refractivity contribution in [3.05, 3.63) is 42.1 Å². The zero-order valence-corrected chi connectivity index (χ0v) is 9.36. The van der Waals surface area contributed by atoms with Crippen LogP contribution in [-0.4, -0.2) is 22.5 Å². The Labute approximate surface area is 98.0 Å². The molecule has 0 atom stereocenters. The third-order valence-corrected chi connectivity index (χ3v) is 2.11. The van der Waals surface area contributed by atoms with Crippen molar-refractivity contribution in [3.8, 4) is 5.75 Å². The molecule has 0 radical (unpaired) electrons. The summed E-state index contributed by atoms with van der Waals surface area (Å²) in [6, 6.07) is 5.85. The van der Waals surface area contributed by atoms with Gasteiger partial charge >= 0.3 is 0 Å². The van der Waals surface area contributed by atoms with Crippen molar-refractivity contribution in [1.82, 2.24) is 4.90 Å². The van der Waals surface area contributed by atoms with Crippen LogP contribution < -0.4 is 0 Å². The van der Waals surface area contributed by atoms with Crippen LogP contribution in [0.1, 0.15) is 23.7 Å². The summed E-state index contributed by atoms with van der Waals surface area (Å²) in [6.07, 6.45) is -0.913. The Morgan fingerprint density at radius 1 is 1.41 bits per heavy atom. The Morgan fingerprint density at radius 3 is 2.59 bits per heavy atom. The minimum atomic E-state index is -1.94. The van der Waals surface area contributed by atoms with E-state index in [2.05, 4.69) is 0 Å². The van der Waals surface area contributed by atoms with Crippen molar-refractivity contribution in [2.24, 2.45) is 0 Å². The van der Waals surface area contributed by atoms with Crippen LogP contribution in [0.25, 0.3) is 0 Å². The molecule has 0 fully saturated rings. The number of carbonyl (C=O) groups excluding carboxylic acids is 1. The molecule has 1 amide bonds. The lowest BCUT2D eigenvalue weighted by molar-refractivity contribution is 0.0812. The summed E-state index contributed by atoms with van der Waals surface area (Å²) in [4.78, 5) is 12.8. The van der Waals surface area contributed by atoms with Gasteiger partial charge in [0.05, 0.1) is 11.8 Å². The maximum absolute atomic E-state index is 12.2. The molecule has 0 unspecified atom stereocenters. The first-order valence-electron chi connectivity index (χ1n) is 5.18. The number of rotatable bonds is 4. The third-order valence-electron chi connectivity index (χ3n) is 2.11. The number of para-hydroxylation sites is 1. The van der Waals surface area contributed by atoms with Crippen LogP contribution in [0.5, 0.6) is 5.75 Å². The van der Waals surface area contributed by atoms with E-state index in [4.69, 9.17) is 0 Å². The number of phenols is 1. The number of halogens is 2. The van der Waals surface area contributed by atoms with Gasteiger partial charge in [0.25, 0.3) is 12.0 Å². The molecular formula is C12H13F2NO2. The zero-order chi connectivity index (χ0) is 12.8. The van der Waals surface area contributed by atoms with Gasteiger partial charge in [-0.3, -0.25) is 4.79 Å². The highest BCUT2D eigenvalue weighted by molar-refractivity contribution is 5.97. The number of hydrogen-bond acceptors (Lipinski definition) is 2. The summed E-state index contributed by atoms with van der Waals surface area (Å²) in [5.74, 6) is -0.857. The van der Waals surface area contributed by atoms with E-state index >= 15 is 0 Å². The standard InChI is InChI=1S/C12H13F2NO2/c1-2-7-15(8-11(13)14)12(17)9-5-3-4-6-10(9)16/h3-6,8,16H,2,7H2,1H3. The molecule has 3 nitrogen and oxygen atoms in total. The lowest BCUT2D eigenvalue weighted by Gasteiger charge is -2.17. The second-order valence-electron chi connectivity index (χ2n) is 3.43. The van der Waals surface area contributed by atoms with Crippen LogP contribution in [0.4, 0.5) is 8.78 Å². The van der Waals surface area contributed by atoms with Gasteiger partial charge in [-0.1, -0.05) is 19.1 Å². The normalized spacial score (nSPS) is 9.82. The van der Waals surface area contributed by atoms with E-state index in [0.717, 1.165) is 4.90 Å². The highest BCUT2D eigenvalue weighted by Crippen LogP contribution is 2.18. The minimum Gasteiger partial charge on any atom is -0.507 e. The quantitative estimate of drug-likeness (QED) is 0.880. The van der Waals surface area contributed by atoms with Crippen molar-refractivity contribution in [2.75, 3.05) is 6.54 Å². The Hall–Kier alpha value is -1.91. The Bertz CT molecular complexity index is 428. The van der Waals surface area contributed by atoms with Crippen molar-refractivity contribution < 1.29 is 18.7 Å². The average molecular weight is 241 g/mol. The SMILES string of the molecule is CCCN(C=C(F)F)C(=O)c1ccccc1O. The molecular weight excluding hydrogens is 228 g/mol. The van der Waals surface area contributed by atoms with Gasteiger partial charge in [-0.15, -0.1) is 0 Å². The molecule has 0 aromatic heterocycles. The summed E-state index contributed by atoms with van der Waals surface area (Å²) in [6.45, 7) is 1.94. The molecule has 0 bridgehead atoms. The van der Waals surface area contributed by atoms with Gasteiger partial charge in [0.1, 0.15) is 5.75 Å². The number of hydrogen-bond donors (Lipinski definition) is 1. The molecule has 1 aromatic rings. The van der Waals surface area contributed by atoms with Gasteiger partial charge in [-0.25, -0.2) is 0 Å². The summed E-state index contributed by atoms with van der Waals surface area (Å²) in [7, 11) is 0. The van der Waals surface area contributed by atoms with Gasteiger partial charge in [0.15, 0.2) is 0 Å². The molecule has 1 rings (SSSR count). The second kappa shape index (κ2) is 5.98. The minimum absolute atomic E-state index is 0.0125. The first-order valence-corrected chi connectivity index (χ1v) is 5.18. The highest BCUT2D eigenvalue weighted by Gasteiger charge is 2.17. The van der Waals surface area contributed by atoms with Gasteiger partial charge in [-0.05, 0) is 18.6 Å². The molecule has 0 heterocycles. The molecule has 1 N–H and O–H groups in total. The van der Waals surface area contributed by atoms with E-state index in [1.54, 1.807) is 19.1 Å². The largest absolute Gasteiger partial charge is 0.507 e. The van der Waals surface area contributed by atoms with Crippen molar-refractivity contribution in [1.29, 1.82) is 0 Å². The lowest BCUT2D eigenvalue weighted by Crippen LogP contribution is -2.26. The van der Waals surface area contributed by atoms with Gasteiger partial charge < -0.3 is 10.0 Å². The summed E-state index contributed by atoms with van der Waals surface area (Å²) in [5.41, 5.74) is 0.0125. The number of nitrogens with zero attached hydrogens (tertiary/aromatic N) is 1. The lowest BCUT2D eigenvalue weighted by atomic mass is 10.1. The van der Waals surface area contributed by atoms with Crippen LogP contribution in [0.2, 0.25) is 0 Å². The van der Waals surface area contributed by atoms with Crippen LogP contribution in [-0.2, 0) is 0 Å². The number of benzene rings is 1. The van der Waals surface area contributed by atoms with Gasteiger partial charge in [-0.2, -0.15) is 8.78 Å². The van der Waals surface area contributed by atoms with Crippen LogP contribution in [0, 0.1) is 0 Å². The van der Waals surface area contributed by atoms with E-state index in [0.29, 0.717) is 12.6 Å². The van der Waals surface area contributed by atoms with E-state index in [1.165, 1.54) is 12.1 Å². The maximum Gasteiger partial charge on any atom is 0.286 e. The number of phenolic OH excluding ortho intramolecular Hbond substituents is 1. The second-order valence-corrected chi connectivity index (χ2v) is 3.43. The van der Waals surface area contributed by atoms with Crippen molar-refractivity contribution in [3.63, 3.8) is 0 Å². The van der Waals surface area contributed by atoms with E-state index in [1.807, 2.05) is 0 Å². The van der Waals surface area contributed by atoms with Crippen LogP contribution >= 0.6 is 0 Å². The maximum atomic E-state index is 12.2. The molecule has 92 valence electrons. The molecule has 5 heteroatoms. The fourth-order valence-corrected chi connectivity index (χ4v) is 1.39. The Balaban J connectivity index is 3.00.